The zero-order valence-corrected chi connectivity index (χ0v) is 9.82. The highest BCUT2D eigenvalue weighted by molar-refractivity contribution is 8.01. The average Bonchev–Trinajstić information content (AvgIpc) is 2.44. The zero-order valence-electron chi connectivity index (χ0n) is 9.00. The number of benzene rings is 1. The van der Waals surface area contributed by atoms with Crippen molar-refractivity contribution in [3.05, 3.63) is 41.5 Å². The third-order valence-corrected chi connectivity index (χ3v) is 4.52. The fraction of sp³-hybridized carbons (Fsp3) is 0.385. The summed E-state index contributed by atoms with van der Waals surface area (Å²) >= 11 is 2.04. The molecular formula is C13H16S. The van der Waals surface area contributed by atoms with Gasteiger partial charge in [0.05, 0.1) is 0 Å². The molecule has 0 N–H and O–H groups in total. The highest BCUT2D eigenvalue weighted by Gasteiger charge is 2.30. The number of hydrogen-bond acceptors (Lipinski definition) is 1. The molecule has 0 atom stereocenters. The van der Waals surface area contributed by atoms with Crippen LogP contribution in [0.15, 0.2) is 35.9 Å². The fourth-order valence-electron chi connectivity index (χ4n) is 1.77. The van der Waals surface area contributed by atoms with Crippen LogP contribution in [0, 0.1) is 0 Å². The van der Waals surface area contributed by atoms with Crippen LogP contribution in [0.2, 0.25) is 0 Å². The van der Waals surface area contributed by atoms with Crippen LogP contribution in [0.4, 0.5) is 0 Å². The number of rotatable bonds is 1. The second kappa shape index (κ2) is 3.47. The summed E-state index contributed by atoms with van der Waals surface area (Å²) in [4.78, 5) is 0. The van der Waals surface area contributed by atoms with Crippen molar-refractivity contribution in [2.75, 3.05) is 5.75 Å². The van der Waals surface area contributed by atoms with Crippen LogP contribution in [-0.2, 0) is 0 Å². The lowest BCUT2D eigenvalue weighted by Crippen LogP contribution is -2.11. The molecule has 0 fully saturated rings. The Kier molecular flexibility index (Phi) is 2.44. The van der Waals surface area contributed by atoms with E-state index in [4.69, 9.17) is 0 Å². The quantitative estimate of drug-likeness (QED) is 0.666. The van der Waals surface area contributed by atoms with E-state index in [1.165, 1.54) is 16.7 Å². The molecule has 0 saturated carbocycles. The first kappa shape index (κ1) is 9.85. The summed E-state index contributed by atoms with van der Waals surface area (Å²) in [7, 11) is 0. The van der Waals surface area contributed by atoms with Gasteiger partial charge in [0.1, 0.15) is 0 Å². The third kappa shape index (κ3) is 1.61. The Hall–Kier alpha value is -0.690. The lowest BCUT2D eigenvalue weighted by atomic mass is 9.95. The van der Waals surface area contributed by atoms with Gasteiger partial charge in [0.25, 0.3) is 0 Å². The first-order valence-electron chi connectivity index (χ1n) is 5.01. The van der Waals surface area contributed by atoms with E-state index in [1.54, 1.807) is 0 Å². The Balaban J connectivity index is 2.42. The van der Waals surface area contributed by atoms with Gasteiger partial charge in [-0.1, -0.05) is 35.9 Å². The van der Waals surface area contributed by atoms with Crippen LogP contribution >= 0.6 is 11.8 Å². The topological polar surface area (TPSA) is 0 Å². The molecule has 1 aromatic rings. The van der Waals surface area contributed by atoms with Crippen LogP contribution in [0.1, 0.15) is 26.3 Å². The molecule has 0 radical (unpaired) electrons. The molecule has 0 aliphatic carbocycles. The predicted molar refractivity (Wildman–Crippen MR) is 65.6 cm³/mol. The predicted octanol–water partition coefficient (Wildman–Crippen LogP) is 3.99. The lowest BCUT2D eigenvalue weighted by Gasteiger charge is -2.18. The van der Waals surface area contributed by atoms with Crippen molar-refractivity contribution in [3.8, 4) is 0 Å². The number of hydrogen-bond donors (Lipinski definition) is 0. The van der Waals surface area contributed by atoms with E-state index >= 15 is 0 Å². The van der Waals surface area contributed by atoms with Crippen LogP contribution in [0.3, 0.4) is 0 Å². The van der Waals surface area contributed by atoms with Crippen LogP contribution in [-0.4, -0.2) is 10.5 Å². The van der Waals surface area contributed by atoms with Crippen LogP contribution < -0.4 is 0 Å². The van der Waals surface area contributed by atoms with Crippen molar-refractivity contribution < 1.29 is 0 Å². The minimum atomic E-state index is 0.325. The van der Waals surface area contributed by atoms with Crippen molar-refractivity contribution in [1.29, 1.82) is 0 Å². The van der Waals surface area contributed by atoms with Gasteiger partial charge >= 0.3 is 0 Å². The van der Waals surface area contributed by atoms with Crippen molar-refractivity contribution >= 4 is 17.3 Å². The number of thioether (sulfide) groups is 1. The molecule has 1 heteroatoms. The molecule has 74 valence electrons. The molecule has 0 saturated heterocycles. The minimum absolute atomic E-state index is 0.325. The molecular weight excluding hydrogens is 188 g/mol. The Morgan fingerprint density at radius 2 is 1.79 bits per heavy atom. The Labute approximate surface area is 90.4 Å². The van der Waals surface area contributed by atoms with E-state index in [9.17, 15) is 0 Å². The van der Waals surface area contributed by atoms with Gasteiger partial charge in [-0.3, -0.25) is 0 Å². The van der Waals surface area contributed by atoms with Crippen molar-refractivity contribution in [2.24, 2.45) is 0 Å². The van der Waals surface area contributed by atoms with Crippen molar-refractivity contribution in [1.82, 2.24) is 0 Å². The van der Waals surface area contributed by atoms with Crippen molar-refractivity contribution in [3.63, 3.8) is 0 Å². The van der Waals surface area contributed by atoms with E-state index in [1.807, 2.05) is 11.8 Å². The summed E-state index contributed by atoms with van der Waals surface area (Å²) in [5, 5.41) is 0. The zero-order chi connectivity index (χ0) is 10.2. The van der Waals surface area contributed by atoms with Gasteiger partial charge in [0, 0.05) is 10.5 Å². The summed E-state index contributed by atoms with van der Waals surface area (Å²) in [6.45, 7) is 6.88. The summed E-state index contributed by atoms with van der Waals surface area (Å²) in [6, 6.07) is 10.7. The first-order chi connectivity index (χ1) is 6.61. The first-order valence-corrected chi connectivity index (χ1v) is 5.99. The smallest absolute Gasteiger partial charge is 0.0318 e. The second-order valence-corrected chi connectivity index (χ2v) is 5.87. The molecule has 0 nitrogen and oxygen atoms in total. The highest BCUT2D eigenvalue weighted by Crippen LogP contribution is 2.45. The lowest BCUT2D eigenvalue weighted by molar-refractivity contribution is 0.848. The normalized spacial score (nSPS) is 20.2. The van der Waals surface area contributed by atoms with Crippen molar-refractivity contribution in [2.45, 2.75) is 25.5 Å². The van der Waals surface area contributed by atoms with Gasteiger partial charge in [-0.15, -0.1) is 11.8 Å². The Morgan fingerprint density at radius 1 is 1.14 bits per heavy atom. The Morgan fingerprint density at radius 3 is 2.29 bits per heavy atom. The molecule has 1 aliphatic rings. The van der Waals surface area contributed by atoms with Gasteiger partial charge in [-0.25, -0.2) is 0 Å². The Bertz CT molecular complexity index is 360. The van der Waals surface area contributed by atoms with Gasteiger partial charge in [0.15, 0.2) is 0 Å². The molecule has 0 unspecified atom stereocenters. The second-order valence-electron chi connectivity index (χ2n) is 4.27. The molecule has 0 amide bonds. The molecule has 1 aliphatic heterocycles. The largest absolute Gasteiger partial charge is 0.146 e. The van der Waals surface area contributed by atoms with Gasteiger partial charge in [0.2, 0.25) is 0 Å². The average molecular weight is 204 g/mol. The van der Waals surface area contributed by atoms with E-state index < -0.39 is 0 Å². The van der Waals surface area contributed by atoms with E-state index in [0.717, 1.165) is 5.75 Å². The SMILES string of the molecule is CC1=C(c2ccccc2)CSC1(C)C. The summed E-state index contributed by atoms with van der Waals surface area (Å²) < 4.78 is 0.325. The molecule has 1 heterocycles. The third-order valence-electron chi connectivity index (χ3n) is 3.06. The standard InChI is InChI=1S/C13H16S/c1-10-12(9-14-13(10,2)3)11-7-5-4-6-8-11/h4-8H,9H2,1-3H3. The van der Waals surface area contributed by atoms with Gasteiger partial charge in [-0.05, 0) is 31.9 Å². The maximum absolute atomic E-state index is 2.31. The molecule has 0 spiro atoms. The molecule has 0 bridgehead atoms. The molecule has 14 heavy (non-hydrogen) atoms. The van der Waals surface area contributed by atoms with E-state index in [0.29, 0.717) is 4.75 Å². The minimum Gasteiger partial charge on any atom is -0.146 e. The van der Waals surface area contributed by atoms with Crippen LogP contribution in [0.5, 0.6) is 0 Å². The van der Waals surface area contributed by atoms with Crippen LogP contribution in [0.25, 0.3) is 5.57 Å². The summed E-state index contributed by atoms with van der Waals surface area (Å²) in [5.74, 6) is 1.16. The van der Waals surface area contributed by atoms with E-state index in [-0.39, 0.29) is 0 Å². The fourth-order valence-corrected chi connectivity index (χ4v) is 3.00. The molecule has 2 rings (SSSR count). The highest BCUT2D eigenvalue weighted by atomic mass is 32.2. The maximum atomic E-state index is 2.31. The summed E-state index contributed by atoms with van der Waals surface area (Å²) in [5.41, 5.74) is 4.46. The van der Waals surface area contributed by atoms with Gasteiger partial charge < -0.3 is 0 Å². The van der Waals surface area contributed by atoms with Gasteiger partial charge in [-0.2, -0.15) is 0 Å². The monoisotopic (exact) mass is 204 g/mol. The summed E-state index contributed by atoms with van der Waals surface area (Å²) in [6.07, 6.45) is 0. The molecule has 1 aromatic carbocycles. The molecule has 0 aromatic heterocycles. The maximum Gasteiger partial charge on any atom is 0.0318 e. The van der Waals surface area contributed by atoms with E-state index in [2.05, 4.69) is 51.1 Å².